The van der Waals surface area contributed by atoms with Gasteiger partial charge in [0.1, 0.15) is 6.17 Å². The molecule has 1 aliphatic carbocycles. The predicted molar refractivity (Wildman–Crippen MR) is 43.8 cm³/mol. The second kappa shape index (κ2) is 6.15. The molecule has 0 aromatic rings. The van der Waals surface area contributed by atoms with Gasteiger partial charge in [-0.15, -0.1) is 0 Å². The quantitative estimate of drug-likeness (QED) is 0.530. The Kier molecular flexibility index (Phi) is 5.83. The van der Waals surface area contributed by atoms with Crippen molar-refractivity contribution >= 4 is 0 Å². The molecular weight excluding hydrogens is 141 g/mol. The lowest BCUT2D eigenvalue weighted by atomic mass is 9.89. The first-order valence-corrected chi connectivity index (χ1v) is 4.17. The van der Waals surface area contributed by atoms with Crippen molar-refractivity contribution in [2.75, 3.05) is 0 Å². The lowest BCUT2D eigenvalue weighted by Crippen LogP contribution is -2.16. The molecule has 0 spiro atoms. The number of nitrogens with zero attached hydrogens (tertiary/aromatic N) is 1. The zero-order chi connectivity index (χ0) is 8.69. The molecule has 11 heavy (non-hydrogen) atoms. The molecule has 2 atom stereocenters. The van der Waals surface area contributed by atoms with E-state index in [0.717, 1.165) is 19.3 Å². The smallest absolute Gasteiger partial charge is 0.103 e. The van der Waals surface area contributed by atoms with Gasteiger partial charge in [0.15, 0.2) is 0 Å². The van der Waals surface area contributed by atoms with Crippen LogP contribution >= 0.6 is 0 Å². The van der Waals surface area contributed by atoms with Gasteiger partial charge in [-0.05, 0) is 18.8 Å². The second-order valence-electron chi connectivity index (χ2n) is 3.00. The summed E-state index contributed by atoms with van der Waals surface area (Å²) in [5.41, 5.74) is 0. The molecule has 0 saturated heterocycles. The first-order chi connectivity index (χ1) is 5.22. The average Bonchev–Trinajstić information content (AvgIpc) is 1.97. The molecule has 0 radical (unpaired) electrons. The number of hydrogen-bond donors (Lipinski definition) is 0. The minimum absolute atomic E-state index is 0.337. The van der Waals surface area contributed by atoms with E-state index in [2.05, 4.69) is 0 Å². The molecule has 1 aliphatic rings. The highest BCUT2D eigenvalue weighted by molar-refractivity contribution is 4.70. The van der Waals surface area contributed by atoms with Crippen LogP contribution in [0.1, 0.15) is 39.5 Å². The van der Waals surface area contributed by atoms with Gasteiger partial charge in [-0.1, -0.05) is 19.8 Å². The number of alkyl halides is 1. The highest BCUT2D eigenvalue weighted by atomic mass is 19.1. The zero-order valence-corrected chi connectivity index (χ0v) is 7.31. The Hall–Kier alpha value is -0.580. The van der Waals surface area contributed by atoms with Crippen molar-refractivity contribution in [2.45, 2.75) is 45.7 Å². The molecule has 1 nitrogen and oxygen atoms in total. The van der Waals surface area contributed by atoms with Crippen LogP contribution in [0.15, 0.2) is 0 Å². The van der Waals surface area contributed by atoms with Gasteiger partial charge in [0.05, 0.1) is 6.07 Å². The van der Waals surface area contributed by atoms with Crippen molar-refractivity contribution in [3.8, 4) is 6.07 Å². The monoisotopic (exact) mass is 157 g/mol. The van der Waals surface area contributed by atoms with Crippen LogP contribution in [0.3, 0.4) is 0 Å². The van der Waals surface area contributed by atoms with Gasteiger partial charge < -0.3 is 0 Å². The van der Waals surface area contributed by atoms with Crippen molar-refractivity contribution in [2.24, 2.45) is 5.92 Å². The Morgan fingerprint density at radius 3 is 2.09 bits per heavy atom. The van der Waals surface area contributed by atoms with Crippen LogP contribution in [0.25, 0.3) is 0 Å². The van der Waals surface area contributed by atoms with E-state index >= 15 is 0 Å². The summed E-state index contributed by atoms with van der Waals surface area (Å²) in [7, 11) is 0. The first-order valence-electron chi connectivity index (χ1n) is 4.17. The fourth-order valence-electron chi connectivity index (χ4n) is 1.27. The molecule has 0 aromatic heterocycles. The maximum atomic E-state index is 12.6. The molecule has 0 heterocycles. The maximum Gasteiger partial charge on any atom is 0.103 e. The number of rotatable bonds is 0. The average molecular weight is 157 g/mol. The Labute approximate surface area is 68.2 Å². The SMILES string of the molecule is CC#N.CC1CCCCC1F. The van der Waals surface area contributed by atoms with Crippen LogP contribution in [0.4, 0.5) is 4.39 Å². The maximum absolute atomic E-state index is 12.6. The molecule has 0 bridgehead atoms. The van der Waals surface area contributed by atoms with E-state index in [1.807, 2.05) is 6.92 Å². The molecule has 1 fully saturated rings. The molecule has 0 aliphatic heterocycles. The summed E-state index contributed by atoms with van der Waals surface area (Å²) < 4.78 is 12.6. The highest BCUT2D eigenvalue weighted by Gasteiger charge is 2.19. The van der Waals surface area contributed by atoms with Crippen molar-refractivity contribution < 1.29 is 4.39 Å². The van der Waals surface area contributed by atoms with Crippen molar-refractivity contribution in [3.63, 3.8) is 0 Å². The summed E-state index contributed by atoms with van der Waals surface area (Å²) in [6.07, 6.45) is 3.75. The van der Waals surface area contributed by atoms with E-state index in [9.17, 15) is 4.39 Å². The number of halogens is 1. The Bertz CT molecular complexity index is 118. The van der Waals surface area contributed by atoms with E-state index in [-0.39, 0.29) is 0 Å². The molecular formula is C9H16FN. The topological polar surface area (TPSA) is 23.8 Å². The predicted octanol–water partition coefficient (Wildman–Crippen LogP) is 3.06. The van der Waals surface area contributed by atoms with Gasteiger partial charge >= 0.3 is 0 Å². The molecule has 2 unspecified atom stereocenters. The van der Waals surface area contributed by atoms with Crippen LogP contribution < -0.4 is 0 Å². The highest BCUT2D eigenvalue weighted by Crippen LogP contribution is 2.25. The van der Waals surface area contributed by atoms with Crippen LogP contribution in [0, 0.1) is 17.2 Å². The Morgan fingerprint density at radius 1 is 1.36 bits per heavy atom. The fraction of sp³-hybridized carbons (Fsp3) is 0.889. The van der Waals surface area contributed by atoms with E-state index < -0.39 is 6.17 Å². The van der Waals surface area contributed by atoms with Gasteiger partial charge in [0.25, 0.3) is 0 Å². The van der Waals surface area contributed by atoms with Crippen LogP contribution in [-0.4, -0.2) is 6.17 Å². The Balaban J connectivity index is 0.000000292. The minimum Gasteiger partial charge on any atom is -0.247 e. The van der Waals surface area contributed by atoms with Gasteiger partial charge in [0, 0.05) is 6.92 Å². The minimum atomic E-state index is -0.497. The molecule has 64 valence electrons. The standard InChI is InChI=1S/C7H13F.C2H3N/c1-6-4-2-3-5-7(6)8;1-2-3/h6-7H,2-5H2,1H3;1H3. The molecule has 0 aromatic carbocycles. The normalized spacial score (nSPS) is 29.6. The third-order valence-corrected chi connectivity index (χ3v) is 2.01. The summed E-state index contributed by atoms with van der Waals surface area (Å²) in [6, 6.07) is 1.75. The molecule has 1 rings (SSSR count). The second-order valence-corrected chi connectivity index (χ2v) is 3.00. The van der Waals surface area contributed by atoms with Gasteiger partial charge in [-0.3, -0.25) is 0 Å². The van der Waals surface area contributed by atoms with E-state index in [1.165, 1.54) is 13.3 Å². The van der Waals surface area contributed by atoms with Crippen LogP contribution in [0.2, 0.25) is 0 Å². The van der Waals surface area contributed by atoms with Gasteiger partial charge in [-0.25, -0.2) is 4.39 Å². The third-order valence-electron chi connectivity index (χ3n) is 2.01. The zero-order valence-electron chi connectivity index (χ0n) is 7.31. The molecule has 1 saturated carbocycles. The van der Waals surface area contributed by atoms with Crippen LogP contribution in [0.5, 0.6) is 0 Å². The van der Waals surface area contributed by atoms with Gasteiger partial charge in [-0.2, -0.15) is 5.26 Å². The van der Waals surface area contributed by atoms with E-state index in [0.29, 0.717) is 5.92 Å². The first kappa shape index (κ1) is 10.4. The lowest BCUT2D eigenvalue weighted by Gasteiger charge is -2.21. The van der Waals surface area contributed by atoms with Crippen LogP contribution in [-0.2, 0) is 0 Å². The lowest BCUT2D eigenvalue weighted by molar-refractivity contribution is 0.179. The molecule has 0 amide bonds. The molecule has 0 N–H and O–H groups in total. The summed E-state index contributed by atoms with van der Waals surface area (Å²) in [4.78, 5) is 0. The van der Waals surface area contributed by atoms with Crippen molar-refractivity contribution in [1.82, 2.24) is 0 Å². The third kappa shape index (κ3) is 4.78. The summed E-state index contributed by atoms with van der Waals surface area (Å²) in [5, 5.41) is 7.32. The van der Waals surface area contributed by atoms with E-state index in [4.69, 9.17) is 5.26 Å². The summed E-state index contributed by atoms with van der Waals surface area (Å²) >= 11 is 0. The van der Waals surface area contributed by atoms with Crippen molar-refractivity contribution in [3.05, 3.63) is 0 Å². The van der Waals surface area contributed by atoms with Crippen molar-refractivity contribution in [1.29, 1.82) is 5.26 Å². The molecule has 2 heteroatoms. The largest absolute Gasteiger partial charge is 0.247 e. The fourth-order valence-corrected chi connectivity index (χ4v) is 1.27. The number of nitriles is 1. The van der Waals surface area contributed by atoms with E-state index in [1.54, 1.807) is 6.07 Å². The summed E-state index contributed by atoms with van der Waals surface area (Å²) in [6.45, 7) is 3.43. The Morgan fingerprint density at radius 2 is 1.82 bits per heavy atom. The number of hydrogen-bond acceptors (Lipinski definition) is 1. The summed E-state index contributed by atoms with van der Waals surface area (Å²) in [5.74, 6) is 0.337. The van der Waals surface area contributed by atoms with Gasteiger partial charge in [0.2, 0.25) is 0 Å².